The highest BCUT2D eigenvalue weighted by molar-refractivity contribution is 5.94. The molecule has 122 valence electrons. The normalized spacial score (nSPS) is 18.2. The van der Waals surface area contributed by atoms with Gasteiger partial charge in [-0.1, -0.05) is 6.92 Å². The monoisotopic (exact) mass is 317 g/mol. The summed E-state index contributed by atoms with van der Waals surface area (Å²) in [6, 6.07) is 3.00. The minimum absolute atomic E-state index is 0.178. The van der Waals surface area contributed by atoms with Crippen LogP contribution >= 0.6 is 0 Å². The Morgan fingerprint density at radius 2 is 2.35 bits per heavy atom. The number of pyridine rings is 1. The first kappa shape index (κ1) is 15.4. The molecule has 1 saturated heterocycles. The molecule has 1 unspecified atom stereocenters. The molecule has 3 heterocycles. The van der Waals surface area contributed by atoms with E-state index in [1.54, 1.807) is 24.2 Å². The Morgan fingerprint density at radius 1 is 1.52 bits per heavy atom. The van der Waals surface area contributed by atoms with Crippen LogP contribution in [0.5, 0.6) is 0 Å². The third kappa shape index (κ3) is 3.16. The number of carbonyl (C=O) groups excluding carboxylic acids is 1. The maximum absolute atomic E-state index is 12.6. The van der Waals surface area contributed by atoms with Gasteiger partial charge in [0.25, 0.3) is 11.5 Å². The van der Waals surface area contributed by atoms with E-state index >= 15 is 0 Å². The molecule has 1 atom stereocenters. The van der Waals surface area contributed by atoms with Crippen LogP contribution in [0, 0.1) is 0 Å². The van der Waals surface area contributed by atoms with Gasteiger partial charge in [0, 0.05) is 37.8 Å². The Morgan fingerprint density at radius 3 is 3.04 bits per heavy atom. The highest BCUT2D eigenvalue weighted by atomic mass is 16.5. The number of nitrogens with one attached hydrogen (secondary N) is 1. The van der Waals surface area contributed by atoms with Crippen molar-refractivity contribution in [3.05, 3.63) is 45.9 Å². The van der Waals surface area contributed by atoms with Gasteiger partial charge in [-0.25, -0.2) is 4.98 Å². The summed E-state index contributed by atoms with van der Waals surface area (Å²) in [5.74, 6) is 1.17. The van der Waals surface area contributed by atoms with Gasteiger partial charge < -0.3 is 14.2 Å². The molecule has 1 aliphatic heterocycles. The van der Waals surface area contributed by atoms with E-state index in [0.717, 1.165) is 12.2 Å². The quantitative estimate of drug-likeness (QED) is 0.877. The van der Waals surface area contributed by atoms with E-state index in [1.807, 2.05) is 6.92 Å². The fourth-order valence-electron chi connectivity index (χ4n) is 2.47. The maximum atomic E-state index is 12.6. The molecule has 23 heavy (non-hydrogen) atoms. The van der Waals surface area contributed by atoms with Crippen LogP contribution in [0.1, 0.15) is 35.0 Å². The molecular weight excluding hydrogens is 298 g/mol. The Bertz CT molecular complexity index is 766. The van der Waals surface area contributed by atoms with Gasteiger partial charge in [0.2, 0.25) is 0 Å². The number of ether oxygens (including phenoxy) is 1. The average Bonchev–Trinajstić information content (AvgIpc) is 3.06. The molecule has 0 radical (unpaired) electrons. The average molecular weight is 317 g/mol. The summed E-state index contributed by atoms with van der Waals surface area (Å²) in [6.45, 7) is 3.25. The first-order valence-corrected chi connectivity index (χ1v) is 7.57. The van der Waals surface area contributed by atoms with Gasteiger partial charge in [-0.15, -0.1) is 0 Å². The van der Waals surface area contributed by atoms with Crippen LogP contribution < -0.4 is 5.56 Å². The molecule has 1 fully saturated rings. The molecule has 0 spiro atoms. The topological polar surface area (TPSA) is 93.1 Å². The molecule has 8 heteroatoms. The minimum Gasteiger partial charge on any atom is -0.366 e. The SMILES string of the molecule is CCc1nc(C2CN(C(=O)c3ccn(C)c(=O)c3)CCO2)n[nH]1. The van der Waals surface area contributed by atoms with E-state index in [9.17, 15) is 9.59 Å². The lowest BCUT2D eigenvalue weighted by Gasteiger charge is -2.31. The molecule has 2 aromatic heterocycles. The second-order valence-electron chi connectivity index (χ2n) is 5.47. The van der Waals surface area contributed by atoms with Crippen molar-refractivity contribution in [3.8, 4) is 0 Å². The lowest BCUT2D eigenvalue weighted by Crippen LogP contribution is -2.42. The van der Waals surface area contributed by atoms with Crippen LogP contribution in [0.3, 0.4) is 0 Å². The number of morpholine rings is 1. The molecule has 1 amide bonds. The molecule has 0 aromatic carbocycles. The minimum atomic E-state index is -0.351. The van der Waals surface area contributed by atoms with Crippen LogP contribution in [-0.4, -0.2) is 50.3 Å². The van der Waals surface area contributed by atoms with E-state index in [0.29, 0.717) is 31.1 Å². The molecule has 8 nitrogen and oxygen atoms in total. The standard InChI is InChI=1S/C15H19N5O3/c1-3-12-16-14(18-17-12)11-9-20(6-7-23-11)15(22)10-4-5-19(2)13(21)8-10/h4-5,8,11H,3,6-7,9H2,1-2H3,(H,16,17,18). The highest BCUT2D eigenvalue weighted by Gasteiger charge is 2.28. The molecule has 0 bridgehead atoms. The zero-order chi connectivity index (χ0) is 16.4. The van der Waals surface area contributed by atoms with Gasteiger partial charge in [-0.2, -0.15) is 5.10 Å². The summed E-state index contributed by atoms with van der Waals surface area (Å²) in [5.41, 5.74) is 0.181. The maximum Gasteiger partial charge on any atom is 0.254 e. The predicted octanol–water partition coefficient (Wildman–Crippen LogP) is 0.279. The first-order chi connectivity index (χ1) is 11.1. The fraction of sp³-hybridized carbons (Fsp3) is 0.467. The van der Waals surface area contributed by atoms with E-state index in [-0.39, 0.29) is 17.6 Å². The van der Waals surface area contributed by atoms with Crippen LogP contribution in [0.4, 0.5) is 0 Å². The highest BCUT2D eigenvalue weighted by Crippen LogP contribution is 2.20. The Kier molecular flexibility index (Phi) is 4.24. The van der Waals surface area contributed by atoms with E-state index < -0.39 is 0 Å². The number of carbonyl (C=O) groups is 1. The first-order valence-electron chi connectivity index (χ1n) is 7.57. The van der Waals surface area contributed by atoms with Gasteiger partial charge in [0.05, 0.1) is 13.2 Å². The van der Waals surface area contributed by atoms with Crippen molar-refractivity contribution >= 4 is 5.91 Å². The van der Waals surface area contributed by atoms with Gasteiger partial charge in [-0.3, -0.25) is 14.7 Å². The Labute approximate surface area is 133 Å². The zero-order valence-electron chi connectivity index (χ0n) is 13.2. The van der Waals surface area contributed by atoms with Crippen molar-refractivity contribution < 1.29 is 9.53 Å². The number of aromatic nitrogens is 4. The molecule has 0 aliphatic carbocycles. The molecule has 2 aromatic rings. The summed E-state index contributed by atoms with van der Waals surface area (Å²) in [5, 5.41) is 7.00. The molecule has 3 rings (SSSR count). The molecular formula is C15H19N5O3. The van der Waals surface area contributed by atoms with Crippen LogP contribution in [0.25, 0.3) is 0 Å². The summed E-state index contributed by atoms with van der Waals surface area (Å²) in [7, 11) is 1.65. The summed E-state index contributed by atoms with van der Waals surface area (Å²) >= 11 is 0. The van der Waals surface area contributed by atoms with Crippen molar-refractivity contribution in [2.24, 2.45) is 7.05 Å². The molecule has 0 saturated carbocycles. The van der Waals surface area contributed by atoms with Gasteiger partial charge in [0.15, 0.2) is 5.82 Å². The van der Waals surface area contributed by atoms with E-state index in [1.165, 1.54) is 10.6 Å². The lowest BCUT2D eigenvalue weighted by atomic mass is 10.2. The number of nitrogens with zero attached hydrogens (tertiary/aromatic N) is 4. The van der Waals surface area contributed by atoms with E-state index in [2.05, 4.69) is 15.2 Å². The molecule has 1 aliphatic rings. The van der Waals surface area contributed by atoms with Crippen molar-refractivity contribution in [3.63, 3.8) is 0 Å². The summed E-state index contributed by atoms with van der Waals surface area (Å²) < 4.78 is 7.11. The zero-order valence-corrected chi connectivity index (χ0v) is 13.2. The second kappa shape index (κ2) is 6.33. The lowest BCUT2D eigenvalue weighted by molar-refractivity contribution is -0.0266. The van der Waals surface area contributed by atoms with Crippen molar-refractivity contribution in [2.75, 3.05) is 19.7 Å². The van der Waals surface area contributed by atoms with Crippen LogP contribution in [0.2, 0.25) is 0 Å². The van der Waals surface area contributed by atoms with Crippen LogP contribution in [-0.2, 0) is 18.2 Å². The van der Waals surface area contributed by atoms with Gasteiger partial charge >= 0.3 is 0 Å². The third-order valence-electron chi connectivity index (χ3n) is 3.88. The third-order valence-corrected chi connectivity index (χ3v) is 3.88. The fourth-order valence-corrected chi connectivity index (χ4v) is 2.47. The van der Waals surface area contributed by atoms with Gasteiger partial charge in [-0.05, 0) is 6.07 Å². The van der Waals surface area contributed by atoms with Crippen LogP contribution in [0.15, 0.2) is 23.1 Å². The Hall–Kier alpha value is -2.48. The molecule has 1 N–H and O–H groups in total. The number of rotatable bonds is 3. The number of hydrogen-bond acceptors (Lipinski definition) is 5. The number of aromatic amines is 1. The largest absolute Gasteiger partial charge is 0.366 e. The summed E-state index contributed by atoms with van der Waals surface area (Å²) in [6.07, 6.45) is 2.00. The number of aryl methyl sites for hydroxylation is 2. The van der Waals surface area contributed by atoms with Gasteiger partial charge in [0.1, 0.15) is 11.9 Å². The predicted molar refractivity (Wildman–Crippen MR) is 82.0 cm³/mol. The smallest absolute Gasteiger partial charge is 0.254 e. The van der Waals surface area contributed by atoms with Crippen molar-refractivity contribution in [2.45, 2.75) is 19.4 Å². The number of hydrogen-bond donors (Lipinski definition) is 1. The summed E-state index contributed by atoms with van der Waals surface area (Å²) in [4.78, 5) is 30.3. The van der Waals surface area contributed by atoms with Crippen molar-refractivity contribution in [1.29, 1.82) is 0 Å². The second-order valence-corrected chi connectivity index (χ2v) is 5.47. The number of amides is 1. The Balaban J connectivity index is 1.76. The van der Waals surface area contributed by atoms with E-state index in [4.69, 9.17) is 4.74 Å². The number of H-pyrrole nitrogens is 1. The van der Waals surface area contributed by atoms with Crippen molar-refractivity contribution in [1.82, 2.24) is 24.6 Å².